The first kappa shape index (κ1) is 14.2. The third-order valence-corrected chi connectivity index (χ3v) is 3.98. The predicted molar refractivity (Wildman–Crippen MR) is 84.3 cm³/mol. The van der Waals surface area contributed by atoms with E-state index in [4.69, 9.17) is 27.9 Å². The van der Waals surface area contributed by atoms with Gasteiger partial charge in [-0.05, 0) is 41.8 Å². The van der Waals surface area contributed by atoms with Crippen molar-refractivity contribution in [2.45, 2.75) is 11.8 Å². The van der Waals surface area contributed by atoms with Crippen molar-refractivity contribution in [1.29, 1.82) is 0 Å². The highest BCUT2D eigenvalue weighted by Crippen LogP contribution is 2.33. The third-order valence-electron chi connectivity index (χ3n) is 3.33. The molecular formula is C16H13Cl2NO2. The second kappa shape index (κ2) is 5.96. The van der Waals surface area contributed by atoms with Crippen LogP contribution in [0.1, 0.15) is 16.5 Å². The van der Waals surface area contributed by atoms with Crippen molar-refractivity contribution in [3.8, 4) is 5.75 Å². The summed E-state index contributed by atoms with van der Waals surface area (Å²) in [5.74, 6) is 0.525. The largest absolute Gasteiger partial charge is 0.482 e. The maximum atomic E-state index is 11.3. The fourth-order valence-electron chi connectivity index (χ4n) is 2.24. The van der Waals surface area contributed by atoms with Crippen LogP contribution < -0.4 is 10.1 Å². The molecule has 2 aromatic rings. The van der Waals surface area contributed by atoms with Crippen molar-refractivity contribution in [2.24, 2.45) is 0 Å². The molecule has 3 rings (SSSR count). The molecule has 1 aliphatic rings. The van der Waals surface area contributed by atoms with E-state index in [-0.39, 0.29) is 17.9 Å². The average Bonchev–Trinajstić information content (AvgIpc) is 2.48. The topological polar surface area (TPSA) is 38.3 Å². The molecule has 1 aliphatic heterocycles. The SMILES string of the molecule is O=C1COc2ccc(C(Cl)Cc3ccc(Cl)cc3)cc2N1. The summed E-state index contributed by atoms with van der Waals surface area (Å²) in [5, 5.41) is 3.31. The van der Waals surface area contributed by atoms with Crippen LogP contribution >= 0.6 is 23.2 Å². The first-order valence-corrected chi connectivity index (χ1v) is 7.38. The van der Waals surface area contributed by atoms with Crippen molar-refractivity contribution in [3.63, 3.8) is 0 Å². The molecule has 1 unspecified atom stereocenters. The van der Waals surface area contributed by atoms with Gasteiger partial charge in [0.15, 0.2) is 6.61 Å². The number of carbonyl (C=O) groups excluding carboxylic acids is 1. The Morgan fingerprint density at radius 2 is 1.95 bits per heavy atom. The first-order chi connectivity index (χ1) is 10.1. The molecule has 0 aromatic heterocycles. The Bertz CT molecular complexity index is 670. The lowest BCUT2D eigenvalue weighted by atomic mass is 10.0. The molecule has 3 nitrogen and oxygen atoms in total. The van der Waals surface area contributed by atoms with Gasteiger partial charge in [0.25, 0.3) is 5.91 Å². The van der Waals surface area contributed by atoms with Gasteiger partial charge in [0.2, 0.25) is 0 Å². The van der Waals surface area contributed by atoms with Crippen molar-refractivity contribution in [2.75, 3.05) is 11.9 Å². The van der Waals surface area contributed by atoms with Crippen molar-refractivity contribution in [1.82, 2.24) is 0 Å². The predicted octanol–water partition coefficient (Wildman–Crippen LogP) is 4.19. The lowest BCUT2D eigenvalue weighted by Crippen LogP contribution is -2.25. The van der Waals surface area contributed by atoms with Gasteiger partial charge in [-0.15, -0.1) is 11.6 Å². The zero-order chi connectivity index (χ0) is 14.8. The Balaban J connectivity index is 1.78. The van der Waals surface area contributed by atoms with Gasteiger partial charge in [-0.25, -0.2) is 0 Å². The van der Waals surface area contributed by atoms with Crippen LogP contribution in [0.2, 0.25) is 5.02 Å². The summed E-state index contributed by atoms with van der Waals surface area (Å²) in [5.41, 5.74) is 2.72. The van der Waals surface area contributed by atoms with Crippen LogP contribution in [-0.2, 0) is 11.2 Å². The van der Waals surface area contributed by atoms with Gasteiger partial charge in [-0.3, -0.25) is 4.79 Å². The molecule has 21 heavy (non-hydrogen) atoms. The zero-order valence-corrected chi connectivity index (χ0v) is 12.6. The van der Waals surface area contributed by atoms with Crippen molar-refractivity contribution in [3.05, 3.63) is 58.6 Å². The van der Waals surface area contributed by atoms with Gasteiger partial charge in [-0.2, -0.15) is 0 Å². The van der Waals surface area contributed by atoms with Crippen molar-refractivity contribution < 1.29 is 9.53 Å². The minimum absolute atomic E-state index is 0.0570. The van der Waals surface area contributed by atoms with Crippen LogP contribution in [0.4, 0.5) is 5.69 Å². The molecule has 2 aromatic carbocycles. The summed E-state index contributed by atoms with van der Waals surface area (Å²) in [6, 6.07) is 13.2. The van der Waals surface area contributed by atoms with E-state index in [9.17, 15) is 4.79 Å². The molecular weight excluding hydrogens is 309 g/mol. The molecule has 0 saturated heterocycles. The number of benzene rings is 2. The van der Waals surface area contributed by atoms with Crippen molar-refractivity contribution >= 4 is 34.8 Å². The van der Waals surface area contributed by atoms with Crippen LogP contribution in [0.3, 0.4) is 0 Å². The Hall–Kier alpha value is -1.71. The van der Waals surface area contributed by atoms with Crippen LogP contribution in [-0.4, -0.2) is 12.5 Å². The fraction of sp³-hybridized carbons (Fsp3) is 0.188. The highest BCUT2D eigenvalue weighted by molar-refractivity contribution is 6.30. The summed E-state index contributed by atoms with van der Waals surface area (Å²) < 4.78 is 5.33. The van der Waals surface area contributed by atoms with E-state index in [0.717, 1.165) is 11.1 Å². The van der Waals surface area contributed by atoms with Gasteiger partial charge >= 0.3 is 0 Å². The molecule has 0 aliphatic carbocycles. The summed E-state index contributed by atoms with van der Waals surface area (Å²) in [7, 11) is 0. The molecule has 108 valence electrons. The molecule has 5 heteroatoms. The molecule has 1 amide bonds. The Labute approximate surface area is 132 Å². The number of nitrogens with one attached hydrogen (secondary N) is 1. The number of halogens is 2. The van der Waals surface area contributed by atoms with E-state index in [2.05, 4.69) is 5.32 Å². The summed E-state index contributed by atoms with van der Waals surface area (Å²) in [6.07, 6.45) is 0.687. The number of alkyl halides is 1. The van der Waals surface area contributed by atoms with Crippen LogP contribution in [0.15, 0.2) is 42.5 Å². The van der Waals surface area contributed by atoms with Gasteiger partial charge in [0.05, 0.1) is 11.1 Å². The Morgan fingerprint density at radius 1 is 1.19 bits per heavy atom. The lowest BCUT2D eigenvalue weighted by molar-refractivity contribution is -0.118. The molecule has 0 radical (unpaired) electrons. The lowest BCUT2D eigenvalue weighted by Gasteiger charge is -2.19. The molecule has 0 saturated carbocycles. The smallest absolute Gasteiger partial charge is 0.262 e. The van der Waals surface area contributed by atoms with Crippen LogP contribution in [0, 0.1) is 0 Å². The average molecular weight is 322 g/mol. The molecule has 1 heterocycles. The van der Waals surface area contributed by atoms with Gasteiger partial charge in [0.1, 0.15) is 5.75 Å². The van der Waals surface area contributed by atoms with E-state index in [0.29, 0.717) is 22.9 Å². The number of carbonyl (C=O) groups is 1. The Kier molecular flexibility index (Phi) is 4.04. The van der Waals surface area contributed by atoms with E-state index in [1.807, 2.05) is 42.5 Å². The Morgan fingerprint density at radius 3 is 2.71 bits per heavy atom. The van der Waals surface area contributed by atoms with Gasteiger partial charge < -0.3 is 10.1 Å². The zero-order valence-electron chi connectivity index (χ0n) is 11.1. The second-order valence-electron chi connectivity index (χ2n) is 4.89. The standard InChI is InChI=1S/C16H13Cl2NO2/c17-12-4-1-10(2-5-12)7-13(18)11-3-6-15-14(8-11)19-16(20)9-21-15/h1-6,8,13H,7,9H2,(H,19,20). The van der Waals surface area contributed by atoms with E-state index < -0.39 is 0 Å². The van der Waals surface area contributed by atoms with Crippen LogP contribution in [0.5, 0.6) is 5.75 Å². The minimum Gasteiger partial charge on any atom is -0.482 e. The third kappa shape index (κ3) is 3.31. The maximum absolute atomic E-state index is 11.3. The minimum atomic E-state index is -0.185. The molecule has 0 bridgehead atoms. The first-order valence-electron chi connectivity index (χ1n) is 6.57. The van der Waals surface area contributed by atoms with Gasteiger partial charge in [-0.1, -0.05) is 29.8 Å². The maximum Gasteiger partial charge on any atom is 0.262 e. The summed E-state index contributed by atoms with van der Waals surface area (Å²) in [6.45, 7) is 0.0570. The molecule has 0 spiro atoms. The number of ether oxygens (including phenoxy) is 1. The fourth-order valence-corrected chi connectivity index (χ4v) is 2.68. The molecule has 1 atom stereocenters. The summed E-state index contributed by atoms with van der Waals surface area (Å²) in [4.78, 5) is 11.3. The normalized spacial score (nSPS) is 14.9. The number of rotatable bonds is 3. The summed E-state index contributed by atoms with van der Waals surface area (Å²) >= 11 is 12.3. The second-order valence-corrected chi connectivity index (χ2v) is 5.85. The number of amides is 1. The highest BCUT2D eigenvalue weighted by Gasteiger charge is 2.18. The number of hydrogen-bond donors (Lipinski definition) is 1. The monoisotopic (exact) mass is 321 g/mol. The molecule has 1 N–H and O–H groups in total. The van der Waals surface area contributed by atoms with Crippen LogP contribution in [0.25, 0.3) is 0 Å². The van der Waals surface area contributed by atoms with E-state index in [1.165, 1.54) is 0 Å². The van der Waals surface area contributed by atoms with E-state index >= 15 is 0 Å². The number of anilines is 1. The quantitative estimate of drug-likeness (QED) is 0.861. The van der Waals surface area contributed by atoms with E-state index in [1.54, 1.807) is 0 Å². The number of fused-ring (bicyclic) bond motifs is 1. The number of hydrogen-bond acceptors (Lipinski definition) is 2. The van der Waals surface area contributed by atoms with Gasteiger partial charge in [0, 0.05) is 5.02 Å². The highest BCUT2D eigenvalue weighted by atomic mass is 35.5. The molecule has 0 fully saturated rings.